The van der Waals surface area contributed by atoms with Crippen LogP contribution in [0.4, 0.5) is 5.82 Å². The van der Waals surface area contributed by atoms with E-state index in [0.29, 0.717) is 0 Å². The summed E-state index contributed by atoms with van der Waals surface area (Å²) in [5.41, 5.74) is 0.0247. The number of aromatic nitrogens is 1. The highest BCUT2D eigenvalue weighted by atomic mass is 79.9. The smallest absolute Gasteiger partial charge is 0.140 e. The quantitative estimate of drug-likeness (QED) is 0.883. The van der Waals surface area contributed by atoms with E-state index in [0.717, 1.165) is 29.9 Å². The minimum atomic E-state index is 0.0247. The number of hydrogen-bond acceptors (Lipinski definition) is 3. The van der Waals surface area contributed by atoms with E-state index in [9.17, 15) is 0 Å². The van der Waals surface area contributed by atoms with Crippen LogP contribution in [0.5, 0.6) is 0 Å². The molecule has 0 radical (unpaired) electrons. The van der Waals surface area contributed by atoms with Crippen molar-refractivity contribution in [1.29, 1.82) is 0 Å². The van der Waals surface area contributed by atoms with Crippen molar-refractivity contribution in [1.82, 2.24) is 4.98 Å². The summed E-state index contributed by atoms with van der Waals surface area (Å²) in [6.45, 7) is 3.73. The molecule has 0 amide bonds. The third-order valence-corrected chi connectivity index (χ3v) is 3.04. The van der Waals surface area contributed by atoms with E-state index < -0.39 is 0 Å². The number of ether oxygens (including phenoxy) is 1. The largest absolute Gasteiger partial charge is 0.379 e. The van der Waals surface area contributed by atoms with Gasteiger partial charge in [0.1, 0.15) is 5.82 Å². The molecule has 1 fully saturated rings. The third kappa shape index (κ3) is 2.07. The zero-order valence-electron chi connectivity index (χ0n) is 8.09. The van der Waals surface area contributed by atoms with Crippen molar-refractivity contribution in [2.45, 2.75) is 18.9 Å². The minimum Gasteiger partial charge on any atom is -0.379 e. The summed E-state index contributed by atoms with van der Waals surface area (Å²) in [6, 6.07) is 3.89. The lowest BCUT2D eigenvalue weighted by Gasteiger charge is -2.24. The Morgan fingerprint density at radius 1 is 1.64 bits per heavy atom. The second-order valence-corrected chi connectivity index (χ2v) is 4.68. The standard InChI is InChI=1S/C10H13BrN2O/c1-10(4-6-14-7-10)13-9-8(11)3-2-5-12-9/h2-3,5H,4,6-7H2,1H3,(H,12,13). The van der Waals surface area contributed by atoms with Gasteiger partial charge in [-0.2, -0.15) is 0 Å². The molecule has 1 unspecified atom stereocenters. The summed E-state index contributed by atoms with van der Waals surface area (Å²) >= 11 is 3.46. The first-order valence-electron chi connectivity index (χ1n) is 4.66. The maximum atomic E-state index is 5.37. The third-order valence-electron chi connectivity index (χ3n) is 2.40. The maximum absolute atomic E-state index is 5.37. The fourth-order valence-electron chi connectivity index (χ4n) is 1.53. The molecule has 1 aliphatic rings. The summed E-state index contributed by atoms with van der Waals surface area (Å²) in [5.74, 6) is 0.889. The Kier molecular flexibility index (Phi) is 2.74. The number of rotatable bonds is 2. The minimum absolute atomic E-state index is 0.0247. The predicted molar refractivity (Wildman–Crippen MR) is 59.4 cm³/mol. The van der Waals surface area contributed by atoms with Gasteiger partial charge < -0.3 is 10.1 Å². The van der Waals surface area contributed by atoms with Gasteiger partial charge in [0.05, 0.1) is 16.6 Å². The van der Waals surface area contributed by atoms with Crippen molar-refractivity contribution < 1.29 is 4.74 Å². The Morgan fingerprint density at radius 3 is 3.14 bits per heavy atom. The van der Waals surface area contributed by atoms with E-state index in [1.165, 1.54) is 0 Å². The summed E-state index contributed by atoms with van der Waals surface area (Å²) in [7, 11) is 0. The van der Waals surface area contributed by atoms with Crippen LogP contribution in [0.1, 0.15) is 13.3 Å². The van der Waals surface area contributed by atoms with Crippen molar-refractivity contribution in [3.63, 3.8) is 0 Å². The number of nitrogens with one attached hydrogen (secondary N) is 1. The van der Waals surface area contributed by atoms with Crippen LogP contribution < -0.4 is 5.32 Å². The lowest BCUT2D eigenvalue weighted by Crippen LogP contribution is -2.35. The number of nitrogens with zero attached hydrogens (tertiary/aromatic N) is 1. The summed E-state index contributed by atoms with van der Waals surface area (Å²) < 4.78 is 6.36. The van der Waals surface area contributed by atoms with E-state index >= 15 is 0 Å². The molecule has 2 rings (SSSR count). The average molecular weight is 257 g/mol. The van der Waals surface area contributed by atoms with Crippen LogP contribution in [0.2, 0.25) is 0 Å². The molecule has 0 saturated carbocycles. The molecular weight excluding hydrogens is 244 g/mol. The van der Waals surface area contributed by atoms with Crippen molar-refractivity contribution in [2.24, 2.45) is 0 Å². The van der Waals surface area contributed by atoms with E-state index in [4.69, 9.17) is 4.74 Å². The van der Waals surface area contributed by atoms with Crippen LogP contribution in [0.3, 0.4) is 0 Å². The van der Waals surface area contributed by atoms with Gasteiger partial charge in [-0.25, -0.2) is 4.98 Å². The van der Waals surface area contributed by atoms with Gasteiger partial charge in [0.15, 0.2) is 0 Å². The average Bonchev–Trinajstić information content (AvgIpc) is 2.57. The zero-order valence-corrected chi connectivity index (χ0v) is 9.67. The van der Waals surface area contributed by atoms with Crippen LogP contribution in [0, 0.1) is 0 Å². The van der Waals surface area contributed by atoms with E-state index in [1.54, 1.807) is 6.20 Å². The molecule has 1 N–H and O–H groups in total. The molecule has 0 bridgehead atoms. The van der Waals surface area contributed by atoms with Crippen molar-refractivity contribution in [3.8, 4) is 0 Å². The number of anilines is 1. The van der Waals surface area contributed by atoms with Gasteiger partial charge in [-0.05, 0) is 41.4 Å². The number of halogens is 1. The van der Waals surface area contributed by atoms with Crippen LogP contribution >= 0.6 is 15.9 Å². The molecule has 1 aromatic heterocycles. The number of hydrogen-bond donors (Lipinski definition) is 1. The van der Waals surface area contributed by atoms with E-state index in [2.05, 4.69) is 33.2 Å². The van der Waals surface area contributed by atoms with Crippen molar-refractivity contribution >= 4 is 21.7 Å². The first-order valence-corrected chi connectivity index (χ1v) is 5.45. The van der Waals surface area contributed by atoms with Gasteiger partial charge in [-0.3, -0.25) is 0 Å². The molecule has 14 heavy (non-hydrogen) atoms. The van der Waals surface area contributed by atoms with Crippen LogP contribution in [-0.2, 0) is 4.74 Å². The Morgan fingerprint density at radius 2 is 2.50 bits per heavy atom. The predicted octanol–water partition coefficient (Wildman–Crippen LogP) is 2.44. The number of pyridine rings is 1. The molecule has 1 aliphatic heterocycles. The molecule has 1 aromatic rings. The maximum Gasteiger partial charge on any atom is 0.140 e. The summed E-state index contributed by atoms with van der Waals surface area (Å²) in [5, 5.41) is 3.40. The van der Waals surface area contributed by atoms with Gasteiger partial charge in [0.25, 0.3) is 0 Å². The first-order chi connectivity index (χ1) is 6.70. The Bertz CT molecular complexity index is 324. The highest BCUT2D eigenvalue weighted by Crippen LogP contribution is 2.26. The molecule has 4 heteroatoms. The topological polar surface area (TPSA) is 34.2 Å². The van der Waals surface area contributed by atoms with Gasteiger partial charge in [0, 0.05) is 12.8 Å². The fraction of sp³-hybridized carbons (Fsp3) is 0.500. The second-order valence-electron chi connectivity index (χ2n) is 3.82. The van der Waals surface area contributed by atoms with Gasteiger partial charge >= 0.3 is 0 Å². The SMILES string of the molecule is CC1(Nc2ncccc2Br)CCOC1. The normalized spacial score (nSPS) is 26.4. The molecular formula is C10H13BrN2O. The molecule has 0 aromatic carbocycles. The zero-order chi connectivity index (χ0) is 10.0. The highest BCUT2D eigenvalue weighted by Gasteiger charge is 2.30. The van der Waals surface area contributed by atoms with E-state index in [1.807, 2.05) is 12.1 Å². The summed E-state index contributed by atoms with van der Waals surface area (Å²) in [4.78, 5) is 4.27. The molecule has 3 nitrogen and oxygen atoms in total. The molecule has 76 valence electrons. The lowest BCUT2D eigenvalue weighted by atomic mass is 10.0. The first kappa shape index (κ1) is 9.93. The lowest BCUT2D eigenvalue weighted by molar-refractivity contribution is 0.185. The Balaban J connectivity index is 2.14. The molecule has 2 heterocycles. The summed E-state index contributed by atoms with van der Waals surface area (Å²) in [6.07, 6.45) is 2.81. The fourth-order valence-corrected chi connectivity index (χ4v) is 1.88. The van der Waals surface area contributed by atoms with Gasteiger partial charge in [0.2, 0.25) is 0 Å². The Hall–Kier alpha value is -0.610. The van der Waals surface area contributed by atoms with Crippen LogP contribution in [0.25, 0.3) is 0 Å². The van der Waals surface area contributed by atoms with E-state index in [-0.39, 0.29) is 5.54 Å². The molecule has 0 spiro atoms. The van der Waals surface area contributed by atoms with Gasteiger partial charge in [-0.1, -0.05) is 0 Å². The van der Waals surface area contributed by atoms with Gasteiger partial charge in [-0.15, -0.1) is 0 Å². The van der Waals surface area contributed by atoms with Crippen molar-refractivity contribution in [3.05, 3.63) is 22.8 Å². The van der Waals surface area contributed by atoms with Crippen LogP contribution in [0.15, 0.2) is 22.8 Å². The molecule has 1 saturated heterocycles. The molecule has 0 aliphatic carbocycles. The highest BCUT2D eigenvalue weighted by molar-refractivity contribution is 9.10. The molecule has 1 atom stereocenters. The Labute approximate surface area is 92.0 Å². The van der Waals surface area contributed by atoms with Crippen molar-refractivity contribution in [2.75, 3.05) is 18.5 Å². The van der Waals surface area contributed by atoms with Crippen LogP contribution in [-0.4, -0.2) is 23.7 Å². The monoisotopic (exact) mass is 256 g/mol. The second kappa shape index (κ2) is 3.87.